The minimum Gasteiger partial charge on any atom is -0.258 e. The molecule has 22 heavy (non-hydrogen) atoms. The summed E-state index contributed by atoms with van der Waals surface area (Å²) in [5.41, 5.74) is 0.407. The van der Waals surface area contributed by atoms with Crippen molar-refractivity contribution in [1.82, 2.24) is 0 Å². The van der Waals surface area contributed by atoms with Gasteiger partial charge < -0.3 is 0 Å². The lowest BCUT2D eigenvalue weighted by Gasteiger charge is -2.09. The molecule has 0 radical (unpaired) electrons. The van der Waals surface area contributed by atoms with Gasteiger partial charge in [-0.3, -0.25) is 10.1 Å². The first-order valence-corrected chi connectivity index (χ1v) is 9.21. The highest BCUT2D eigenvalue weighted by Gasteiger charge is 2.36. The van der Waals surface area contributed by atoms with E-state index in [-0.39, 0.29) is 21.6 Å². The van der Waals surface area contributed by atoms with Gasteiger partial charge in [0.05, 0.1) is 20.8 Å². The van der Waals surface area contributed by atoms with Crippen molar-refractivity contribution in [1.29, 1.82) is 0 Å². The molecule has 0 saturated carbocycles. The van der Waals surface area contributed by atoms with Crippen LogP contribution in [0.2, 0.25) is 5.02 Å². The quantitative estimate of drug-likeness (QED) is 0.617. The number of hydrogen-bond acceptors (Lipinski definition) is 5. The van der Waals surface area contributed by atoms with Crippen LogP contribution in [-0.2, 0) is 9.84 Å². The number of halogens is 1. The Bertz CT molecular complexity index is 850. The highest BCUT2D eigenvalue weighted by molar-refractivity contribution is 8.01. The average Bonchev–Trinajstić information content (AvgIpc) is 2.72. The Balaban J connectivity index is 1.97. The molecule has 0 aromatic heterocycles. The minimum absolute atomic E-state index is 0.0587. The van der Waals surface area contributed by atoms with E-state index in [0.29, 0.717) is 10.6 Å². The molecule has 0 fully saturated rings. The summed E-state index contributed by atoms with van der Waals surface area (Å²) in [6.07, 6.45) is 0. The third-order valence-electron chi connectivity index (χ3n) is 3.35. The molecular weight excluding hydrogens is 346 g/mol. The van der Waals surface area contributed by atoms with Crippen molar-refractivity contribution < 1.29 is 13.3 Å². The zero-order valence-electron chi connectivity index (χ0n) is 11.1. The number of nitrogens with zero attached hydrogens (tertiary/aromatic N) is 1. The second-order valence-corrected chi connectivity index (χ2v) is 8.54. The summed E-state index contributed by atoms with van der Waals surface area (Å²) in [6, 6.07) is 11.1. The number of sulfone groups is 1. The normalized spacial score (nSPS) is 18.9. The predicted octanol–water partition coefficient (Wildman–Crippen LogP) is 3.87. The predicted molar refractivity (Wildman–Crippen MR) is 85.2 cm³/mol. The topological polar surface area (TPSA) is 77.3 Å². The van der Waals surface area contributed by atoms with E-state index in [1.807, 2.05) is 12.1 Å². The fraction of sp³-hybridized carbons (Fsp3) is 0.143. The molecule has 1 heterocycles. The van der Waals surface area contributed by atoms with Crippen LogP contribution < -0.4 is 0 Å². The molecular formula is C14H10ClNO4S2. The van der Waals surface area contributed by atoms with E-state index < -0.39 is 14.8 Å². The molecule has 8 heteroatoms. The third-order valence-corrected chi connectivity index (χ3v) is 6.86. The average molecular weight is 356 g/mol. The van der Waals surface area contributed by atoms with E-state index in [0.717, 1.165) is 11.0 Å². The van der Waals surface area contributed by atoms with Gasteiger partial charge in [-0.2, -0.15) is 0 Å². The van der Waals surface area contributed by atoms with Crippen LogP contribution in [0.25, 0.3) is 0 Å². The Hall–Kier alpha value is -1.57. The maximum atomic E-state index is 12.2. The highest BCUT2D eigenvalue weighted by Crippen LogP contribution is 2.45. The lowest BCUT2D eigenvalue weighted by Crippen LogP contribution is -2.01. The number of rotatable bonds is 3. The molecule has 0 aliphatic carbocycles. The van der Waals surface area contributed by atoms with E-state index in [2.05, 4.69) is 0 Å². The molecule has 1 aliphatic heterocycles. The van der Waals surface area contributed by atoms with E-state index >= 15 is 0 Å². The smallest absolute Gasteiger partial charge is 0.258 e. The minimum atomic E-state index is -3.49. The lowest BCUT2D eigenvalue weighted by atomic mass is 10.1. The Kier molecular flexibility index (Phi) is 3.88. The number of hydrogen-bond donors (Lipinski definition) is 0. The summed E-state index contributed by atoms with van der Waals surface area (Å²) in [5, 5.41) is 11.1. The van der Waals surface area contributed by atoms with Gasteiger partial charge in [-0.25, -0.2) is 8.42 Å². The van der Waals surface area contributed by atoms with Crippen molar-refractivity contribution in [3.63, 3.8) is 0 Å². The number of benzene rings is 2. The van der Waals surface area contributed by atoms with Crippen molar-refractivity contribution in [3.8, 4) is 0 Å². The molecule has 0 saturated heterocycles. The van der Waals surface area contributed by atoms with Gasteiger partial charge >= 0.3 is 0 Å². The first-order valence-electron chi connectivity index (χ1n) is 6.30. The van der Waals surface area contributed by atoms with Gasteiger partial charge in [0.15, 0.2) is 9.84 Å². The van der Waals surface area contributed by atoms with Crippen LogP contribution in [0.3, 0.4) is 0 Å². The highest BCUT2D eigenvalue weighted by atomic mass is 35.5. The number of nitro benzene ring substituents is 1. The summed E-state index contributed by atoms with van der Waals surface area (Å²) in [4.78, 5) is 11.2. The van der Waals surface area contributed by atoms with Crippen molar-refractivity contribution in [2.24, 2.45) is 0 Å². The summed E-state index contributed by atoms with van der Waals surface area (Å²) in [5.74, 6) is -0.0587. The molecule has 1 unspecified atom stereocenters. The number of fused-ring (bicyclic) bond motifs is 1. The second-order valence-electron chi connectivity index (χ2n) is 4.82. The molecule has 114 valence electrons. The Labute approximate surface area is 136 Å². The van der Waals surface area contributed by atoms with Crippen LogP contribution in [0.15, 0.2) is 52.3 Å². The molecule has 0 bridgehead atoms. The molecule has 1 atom stereocenters. The monoisotopic (exact) mass is 355 g/mol. The zero-order valence-corrected chi connectivity index (χ0v) is 13.5. The Morgan fingerprint density at radius 3 is 2.50 bits per heavy atom. The van der Waals surface area contributed by atoms with Gasteiger partial charge in [0.2, 0.25) is 0 Å². The van der Waals surface area contributed by atoms with Crippen LogP contribution in [0.1, 0.15) is 10.8 Å². The molecule has 5 nitrogen and oxygen atoms in total. The standard InChI is InChI=1S/C14H10ClNO4S2/c15-9-1-4-11(5-2-9)21-13-8-22(19,20)14-7-10(16(17)18)3-6-12(13)14/h1-7,13H,8H2. The van der Waals surface area contributed by atoms with Gasteiger partial charge in [-0.05, 0) is 35.9 Å². The number of thioether (sulfide) groups is 1. The molecule has 1 aliphatic rings. The number of non-ortho nitro benzene ring substituents is 1. The lowest BCUT2D eigenvalue weighted by molar-refractivity contribution is -0.385. The third kappa shape index (κ3) is 2.84. The van der Waals surface area contributed by atoms with Crippen molar-refractivity contribution >= 4 is 38.9 Å². The van der Waals surface area contributed by atoms with Crippen LogP contribution in [0.5, 0.6) is 0 Å². The number of nitro groups is 1. The van der Waals surface area contributed by atoms with E-state index in [4.69, 9.17) is 11.6 Å². The van der Waals surface area contributed by atoms with Crippen LogP contribution in [-0.4, -0.2) is 19.1 Å². The Morgan fingerprint density at radius 2 is 1.86 bits per heavy atom. The Morgan fingerprint density at radius 1 is 1.18 bits per heavy atom. The molecule has 2 aromatic carbocycles. The zero-order chi connectivity index (χ0) is 15.9. The van der Waals surface area contributed by atoms with Crippen molar-refractivity contribution in [2.75, 3.05) is 5.75 Å². The molecule has 0 amide bonds. The van der Waals surface area contributed by atoms with E-state index in [1.165, 1.54) is 23.9 Å². The maximum Gasteiger partial charge on any atom is 0.270 e. The van der Waals surface area contributed by atoms with Crippen molar-refractivity contribution in [3.05, 3.63) is 63.2 Å². The van der Waals surface area contributed by atoms with Crippen molar-refractivity contribution in [2.45, 2.75) is 15.0 Å². The fourth-order valence-electron chi connectivity index (χ4n) is 2.33. The van der Waals surface area contributed by atoms with Gasteiger partial charge in [0.1, 0.15) is 0 Å². The van der Waals surface area contributed by atoms with Crippen LogP contribution in [0, 0.1) is 10.1 Å². The molecule has 0 spiro atoms. The summed E-state index contributed by atoms with van der Waals surface area (Å²) >= 11 is 7.24. The van der Waals surface area contributed by atoms with E-state index in [9.17, 15) is 18.5 Å². The molecule has 2 aromatic rings. The SMILES string of the molecule is O=[N+]([O-])c1ccc2c(c1)S(=O)(=O)CC2Sc1ccc(Cl)cc1. The maximum absolute atomic E-state index is 12.2. The first-order chi connectivity index (χ1) is 10.4. The summed E-state index contributed by atoms with van der Waals surface area (Å²) < 4.78 is 24.5. The second kappa shape index (κ2) is 5.57. The molecule has 3 rings (SSSR count). The van der Waals surface area contributed by atoms with E-state index in [1.54, 1.807) is 12.1 Å². The fourth-order valence-corrected chi connectivity index (χ4v) is 5.92. The molecule has 0 N–H and O–H groups in total. The van der Waals surface area contributed by atoms with Crippen LogP contribution in [0.4, 0.5) is 5.69 Å². The summed E-state index contributed by atoms with van der Waals surface area (Å²) in [7, 11) is -3.49. The van der Waals surface area contributed by atoms with Gasteiger partial charge in [0, 0.05) is 22.1 Å². The van der Waals surface area contributed by atoms with Gasteiger partial charge in [-0.1, -0.05) is 11.6 Å². The van der Waals surface area contributed by atoms with Crippen LogP contribution >= 0.6 is 23.4 Å². The summed E-state index contributed by atoms with van der Waals surface area (Å²) in [6.45, 7) is 0. The van der Waals surface area contributed by atoms with Gasteiger partial charge in [0.25, 0.3) is 5.69 Å². The first kappa shape index (κ1) is 15.3. The largest absolute Gasteiger partial charge is 0.270 e. The van der Waals surface area contributed by atoms with Gasteiger partial charge in [-0.15, -0.1) is 11.8 Å².